The van der Waals surface area contributed by atoms with Crippen molar-refractivity contribution in [3.63, 3.8) is 0 Å². The number of nitrogens with one attached hydrogen (secondary N) is 2. The molecule has 1 aliphatic rings. The molecule has 0 fully saturated rings. The van der Waals surface area contributed by atoms with Crippen LogP contribution in [0.15, 0.2) is 34.7 Å². The maximum atomic E-state index is 12.2. The number of aryl methyl sites for hydroxylation is 2. The third-order valence-corrected chi connectivity index (χ3v) is 5.76. The molecule has 1 aromatic rings. The topological polar surface area (TPSA) is 75.3 Å². The summed E-state index contributed by atoms with van der Waals surface area (Å²) in [7, 11) is -3.66. The maximum absolute atomic E-state index is 12.2. The average molecular weight is 350 g/mol. The van der Waals surface area contributed by atoms with Crippen LogP contribution < -0.4 is 10.0 Å². The van der Waals surface area contributed by atoms with Crippen LogP contribution in [0.2, 0.25) is 0 Å². The minimum atomic E-state index is -3.66. The van der Waals surface area contributed by atoms with Crippen molar-refractivity contribution in [2.45, 2.75) is 50.8 Å². The van der Waals surface area contributed by atoms with E-state index in [2.05, 4.69) is 16.1 Å². The summed E-state index contributed by atoms with van der Waals surface area (Å²) < 4.78 is 26.8. The van der Waals surface area contributed by atoms with Crippen molar-refractivity contribution in [3.8, 4) is 0 Å². The molecule has 0 bridgehead atoms. The first-order chi connectivity index (χ1) is 11.4. The molecule has 0 aliphatic heterocycles. The zero-order valence-electron chi connectivity index (χ0n) is 14.4. The van der Waals surface area contributed by atoms with Crippen LogP contribution in [0.5, 0.6) is 0 Å². The van der Waals surface area contributed by atoms with Gasteiger partial charge in [-0.3, -0.25) is 4.79 Å². The van der Waals surface area contributed by atoms with Crippen LogP contribution in [0.3, 0.4) is 0 Å². The number of amides is 1. The van der Waals surface area contributed by atoms with E-state index in [1.165, 1.54) is 18.4 Å². The van der Waals surface area contributed by atoms with Gasteiger partial charge in [-0.05, 0) is 69.2 Å². The number of benzene rings is 1. The van der Waals surface area contributed by atoms with Crippen molar-refractivity contribution in [3.05, 3.63) is 41.0 Å². The molecule has 0 radical (unpaired) electrons. The van der Waals surface area contributed by atoms with Gasteiger partial charge in [-0.1, -0.05) is 17.7 Å². The van der Waals surface area contributed by atoms with Crippen LogP contribution in [-0.4, -0.2) is 27.4 Å². The Hall–Kier alpha value is -1.66. The van der Waals surface area contributed by atoms with Gasteiger partial charge in [0.1, 0.15) is 0 Å². The predicted octanol–water partition coefficient (Wildman–Crippen LogP) is 2.59. The first kappa shape index (κ1) is 18.7. The first-order valence-electron chi connectivity index (χ1n) is 8.40. The summed E-state index contributed by atoms with van der Waals surface area (Å²) in [6.07, 6.45) is 7.79. The van der Waals surface area contributed by atoms with Gasteiger partial charge in [-0.2, -0.15) is 0 Å². The molecule has 2 rings (SSSR count). The Bertz CT molecular complexity index is 724. The predicted molar refractivity (Wildman–Crippen MR) is 95.3 cm³/mol. The molecule has 1 amide bonds. The summed E-state index contributed by atoms with van der Waals surface area (Å²) in [4.78, 5) is 12.0. The van der Waals surface area contributed by atoms with Crippen molar-refractivity contribution in [1.29, 1.82) is 0 Å². The molecular formula is C18H26N2O3S. The molecule has 2 N–H and O–H groups in total. The highest BCUT2D eigenvalue weighted by Crippen LogP contribution is 2.19. The van der Waals surface area contributed by atoms with Crippen molar-refractivity contribution in [2.75, 3.05) is 13.1 Å². The van der Waals surface area contributed by atoms with Gasteiger partial charge in [0.05, 0.1) is 11.4 Å². The molecule has 5 nitrogen and oxygen atoms in total. The van der Waals surface area contributed by atoms with E-state index in [9.17, 15) is 13.2 Å². The molecule has 0 aromatic heterocycles. The molecule has 0 unspecified atom stereocenters. The molecule has 6 heteroatoms. The monoisotopic (exact) mass is 350 g/mol. The fourth-order valence-corrected chi connectivity index (χ4v) is 3.75. The van der Waals surface area contributed by atoms with E-state index in [-0.39, 0.29) is 17.3 Å². The summed E-state index contributed by atoms with van der Waals surface area (Å²) in [5.41, 5.74) is 3.32. The third kappa shape index (κ3) is 5.46. The molecular weight excluding hydrogens is 324 g/mol. The number of allylic oxidation sites excluding steroid dienone is 1. The fraction of sp³-hybridized carbons (Fsp3) is 0.500. The largest absolute Gasteiger partial charge is 0.355 e. The van der Waals surface area contributed by atoms with Crippen molar-refractivity contribution in [2.24, 2.45) is 0 Å². The number of carbonyl (C=O) groups excluding carboxylic acids is 1. The Morgan fingerprint density at radius 3 is 2.62 bits per heavy atom. The highest BCUT2D eigenvalue weighted by atomic mass is 32.2. The van der Waals surface area contributed by atoms with Gasteiger partial charge < -0.3 is 5.32 Å². The van der Waals surface area contributed by atoms with Gasteiger partial charge in [-0.25, -0.2) is 13.1 Å². The molecule has 0 saturated carbocycles. The SMILES string of the molecule is Cc1ccc(S(=O)(=O)NCC(=O)NCCC2=CCCCC2)cc1C. The van der Waals surface area contributed by atoms with Crippen molar-refractivity contribution in [1.82, 2.24) is 10.0 Å². The highest BCUT2D eigenvalue weighted by molar-refractivity contribution is 7.89. The minimum Gasteiger partial charge on any atom is -0.355 e. The Labute approximate surface area is 144 Å². The molecule has 24 heavy (non-hydrogen) atoms. The van der Waals surface area contributed by atoms with Crippen LogP contribution in [-0.2, 0) is 14.8 Å². The lowest BCUT2D eigenvalue weighted by Crippen LogP contribution is -2.37. The van der Waals surface area contributed by atoms with Gasteiger partial charge in [0.15, 0.2) is 0 Å². The number of rotatable bonds is 7. The lowest BCUT2D eigenvalue weighted by Gasteiger charge is -2.13. The number of sulfonamides is 1. The lowest BCUT2D eigenvalue weighted by atomic mass is 9.97. The van der Waals surface area contributed by atoms with Crippen LogP contribution in [0.1, 0.15) is 43.2 Å². The number of hydrogen-bond donors (Lipinski definition) is 2. The molecule has 1 aromatic carbocycles. The van der Waals surface area contributed by atoms with Crippen molar-refractivity contribution >= 4 is 15.9 Å². The second-order valence-corrected chi connectivity index (χ2v) is 8.05. The van der Waals surface area contributed by atoms with Crippen LogP contribution in [0.25, 0.3) is 0 Å². The second-order valence-electron chi connectivity index (χ2n) is 6.28. The summed E-state index contributed by atoms with van der Waals surface area (Å²) in [5.74, 6) is -0.307. The van der Waals surface area contributed by atoms with Crippen LogP contribution >= 0.6 is 0 Å². The molecule has 0 heterocycles. The van der Waals surface area contributed by atoms with Gasteiger partial charge in [0.25, 0.3) is 0 Å². The van der Waals surface area contributed by atoms with E-state index >= 15 is 0 Å². The van der Waals surface area contributed by atoms with Gasteiger partial charge >= 0.3 is 0 Å². The van der Waals surface area contributed by atoms with E-state index in [0.29, 0.717) is 6.54 Å². The van der Waals surface area contributed by atoms with Crippen molar-refractivity contribution < 1.29 is 13.2 Å². The van der Waals surface area contributed by atoms with E-state index in [4.69, 9.17) is 0 Å². The zero-order valence-corrected chi connectivity index (χ0v) is 15.2. The molecule has 132 valence electrons. The lowest BCUT2D eigenvalue weighted by molar-refractivity contribution is -0.119. The zero-order chi connectivity index (χ0) is 17.6. The summed E-state index contributed by atoms with van der Waals surface area (Å²) in [5, 5.41) is 2.77. The van der Waals surface area contributed by atoms with E-state index in [1.54, 1.807) is 18.2 Å². The normalized spacial score (nSPS) is 15.0. The first-order valence-corrected chi connectivity index (χ1v) is 9.88. The van der Waals surface area contributed by atoms with Gasteiger partial charge in [-0.15, -0.1) is 0 Å². The fourth-order valence-electron chi connectivity index (χ4n) is 2.68. The number of hydrogen-bond acceptors (Lipinski definition) is 3. The Kier molecular flexibility index (Phi) is 6.57. The summed E-state index contributed by atoms with van der Waals surface area (Å²) in [6, 6.07) is 4.94. The molecule has 1 aliphatic carbocycles. The maximum Gasteiger partial charge on any atom is 0.241 e. The Balaban J connectivity index is 1.79. The molecule has 0 atom stereocenters. The van der Waals surface area contributed by atoms with Gasteiger partial charge in [0, 0.05) is 6.54 Å². The van der Waals surface area contributed by atoms with Gasteiger partial charge in [0.2, 0.25) is 15.9 Å². The molecule has 0 spiro atoms. The second kappa shape index (κ2) is 8.44. The van der Waals surface area contributed by atoms with Crippen LogP contribution in [0.4, 0.5) is 0 Å². The smallest absolute Gasteiger partial charge is 0.241 e. The average Bonchev–Trinajstić information content (AvgIpc) is 2.56. The van der Waals surface area contributed by atoms with E-state index in [1.807, 2.05) is 13.8 Å². The summed E-state index contributed by atoms with van der Waals surface area (Å²) >= 11 is 0. The van der Waals surface area contributed by atoms with Crippen LogP contribution in [0, 0.1) is 13.8 Å². The highest BCUT2D eigenvalue weighted by Gasteiger charge is 2.16. The minimum absolute atomic E-state index is 0.186. The third-order valence-electron chi connectivity index (χ3n) is 4.36. The summed E-state index contributed by atoms with van der Waals surface area (Å²) in [6.45, 7) is 4.10. The standard InChI is InChI=1S/C18H26N2O3S/c1-14-8-9-17(12-15(14)2)24(22,23)20-13-18(21)19-11-10-16-6-4-3-5-7-16/h6,8-9,12,20H,3-5,7,10-11,13H2,1-2H3,(H,19,21). The number of carbonyl (C=O) groups is 1. The Morgan fingerprint density at radius 2 is 1.96 bits per heavy atom. The van der Waals surface area contributed by atoms with E-state index in [0.717, 1.165) is 30.4 Å². The van der Waals surface area contributed by atoms with E-state index < -0.39 is 10.0 Å². The quantitative estimate of drug-likeness (QED) is 0.742. The Morgan fingerprint density at radius 1 is 1.17 bits per heavy atom. The molecule has 0 saturated heterocycles.